The summed E-state index contributed by atoms with van der Waals surface area (Å²) in [5, 5.41) is 31.4. The van der Waals surface area contributed by atoms with Crippen molar-refractivity contribution in [3.8, 4) is 6.07 Å². The quantitative estimate of drug-likeness (QED) is 0.597. The van der Waals surface area contributed by atoms with E-state index >= 15 is 0 Å². The molecule has 1 unspecified atom stereocenters. The number of nitriles is 1. The molecule has 6 nitrogen and oxygen atoms in total. The number of nitrogens with zero attached hydrogens (tertiary/aromatic N) is 2. The van der Waals surface area contributed by atoms with Crippen LogP contribution in [0.15, 0.2) is 18.2 Å². The van der Waals surface area contributed by atoms with Gasteiger partial charge in [0.15, 0.2) is 0 Å². The minimum absolute atomic E-state index is 0.0745. The first-order valence-electron chi connectivity index (χ1n) is 5.15. The molecule has 0 spiro atoms. The maximum absolute atomic E-state index is 10.8. The Balaban J connectivity index is 2.86. The lowest BCUT2D eigenvalue weighted by atomic mass is 10.2. The summed E-state index contributed by atoms with van der Waals surface area (Å²) in [5.41, 5.74) is 0.583. The van der Waals surface area contributed by atoms with Crippen molar-refractivity contribution in [2.75, 3.05) is 11.9 Å². The van der Waals surface area contributed by atoms with Gasteiger partial charge in [-0.05, 0) is 25.5 Å². The molecule has 0 aliphatic carbocycles. The average molecular weight is 235 g/mol. The molecule has 0 saturated carbocycles. The molecule has 0 amide bonds. The first-order valence-corrected chi connectivity index (χ1v) is 5.15. The van der Waals surface area contributed by atoms with Gasteiger partial charge in [-0.2, -0.15) is 5.26 Å². The highest BCUT2D eigenvalue weighted by molar-refractivity contribution is 5.64. The van der Waals surface area contributed by atoms with E-state index in [1.54, 1.807) is 6.92 Å². The Labute approximate surface area is 98.6 Å². The second kappa shape index (κ2) is 5.82. The van der Waals surface area contributed by atoms with Gasteiger partial charge in [-0.25, -0.2) is 0 Å². The van der Waals surface area contributed by atoms with Crippen LogP contribution in [-0.2, 0) is 0 Å². The van der Waals surface area contributed by atoms with Crippen LogP contribution in [-0.4, -0.2) is 22.7 Å². The van der Waals surface area contributed by atoms with Crippen molar-refractivity contribution in [3.05, 3.63) is 33.9 Å². The Kier molecular flexibility index (Phi) is 4.43. The Bertz CT molecular complexity index is 452. The van der Waals surface area contributed by atoms with Gasteiger partial charge in [0.2, 0.25) is 0 Å². The van der Waals surface area contributed by atoms with Crippen molar-refractivity contribution in [1.82, 2.24) is 0 Å². The highest BCUT2D eigenvalue weighted by Gasteiger charge is 2.13. The third kappa shape index (κ3) is 3.74. The number of rotatable bonds is 5. The van der Waals surface area contributed by atoms with Crippen LogP contribution in [0.3, 0.4) is 0 Å². The van der Waals surface area contributed by atoms with E-state index in [0.717, 1.165) is 0 Å². The molecule has 1 aromatic rings. The number of hydrogen-bond donors (Lipinski definition) is 2. The molecule has 2 N–H and O–H groups in total. The minimum Gasteiger partial charge on any atom is -0.393 e. The zero-order chi connectivity index (χ0) is 12.8. The van der Waals surface area contributed by atoms with Gasteiger partial charge in [-0.3, -0.25) is 10.1 Å². The van der Waals surface area contributed by atoms with Crippen LogP contribution < -0.4 is 5.32 Å². The normalized spacial score (nSPS) is 11.6. The monoisotopic (exact) mass is 235 g/mol. The zero-order valence-corrected chi connectivity index (χ0v) is 9.38. The number of hydrogen-bond acceptors (Lipinski definition) is 5. The molecule has 1 aromatic carbocycles. The molecule has 0 bridgehead atoms. The molecule has 17 heavy (non-hydrogen) atoms. The molecule has 90 valence electrons. The fourth-order valence-corrected chi connectivity index (χ4v) is 1.32. The predicted octanol–water partition coefficient (Wildman–Crippen LogP) is 1.65. The van der Waals surface area contributed by atoms with Gasteiger partial charge in [0, 0.05) is 12.6 Å². The van der Waals surface area contributed by atoms with E-state index in [0.29, 0.717) is 24.2 Å². The van der Waals surface area contributed by atoms with Crippen molar-refractivity contribution in [1.29, 1.82) is 5.26 Å². The first-order chi connectivity index (χ1) is 8.04. The number of benzene rings is 1. The summed E-state index contributed by atoms with van der Waals surface area (Å²) in [6, 6.07) is 6.05. The van der Waals surface area contributed by atoms with Crippen LogP contribution >= 0.6 is 0 Å². The highest BCUT2D eigenvalue weighted by Crippen LogP contribution is 2.25. The van der Waals surface area contributed by atoms with E-state index in [4.69, 9.17) is 10.4 Å². The number of aliphatic hydroxyl groups excluding tert-OH is 1. The highest BCUT2D eigenvalue weighted by atomic mass is 16.6. The third-order valence-electron chi connectivity index (χ3n) is 2.20. The van der Waals surface area contributed by atoms with E-state index in [1.807, 2.05) is 6.07 Å². The molecule has 0 aromatic heterocycles. The molecule has 0 saturated heterocycles. The molecule has 0 aliphatic heterocycles. The molecular weight excluding hydrogens is 222 g/mol. The maximum Gasteiger partial charge on any atom is 0.292 e. The van der Waals surface area contributed by atoms with Gasteiger partial charge in [0.25, 0.3) is 5.69 Å². The van der Waals surface area contributed by atoms with Crippen LogP contribution in [0.2, 0.25) is 0 Å². The van der Waals surface area contributed by atoms with E-state index in [1.165, 1.54) is 18.2 Å². The Morgan fingerprint density at radius 1 is 1.65 bits per heavy atom. The first kappa shape index (κ1) is 12.9. The fraction of sp³-hybridized carbons (Fsp3) is 0.364. The summed E-state index contributed by atoms with van der Waals surface area (Å²) >= 11 is 0. The van der Waals surface area contributed by atoms with Crippen LogP contribution in [0.25, 0.3) is 0 Å². The number of nitrogens with one attached hydrogen (secondary N) is 1. The molecule has 0 fully saturated rings. The van der Waals surface area contributed by atoms with Gasteiger partial charge >= 0.3 is 0 Å². The van der Waals surface area contributed by atoms with E-state index in [9.17, 15) is 10.1 Å². The van der Waals surface area contributed by atoms with Crippen molar-refractivity contribution in [2.24, 2.45) is 0 Å². The molecule has 0 radical (unpaired) electrons. The lowest BCUT2D eigenvalue weighted by Crippen LogP contribution is -2.10. The van der Waals surface area contributed by atoms with Gasteiger partial charge in [0.05, 0.1) is 22.7 Å². The maximum atomic E-state index is 10.8. The van der Waals surface area contributed by atoms with Crippen LogP contribution in [0.4, 0.5) is 11.4 Å². The van der Waals surface area contributed by atoms with Crippen LogP contribution in [0.1, 0.15) is 18.9 Å². The standard InChI is InChI=1S/C11H13N3O3/c1-8(15)4-5-13-10-6-9(7-12)2-3-11(10)14(16)17/h2-3,6,8,13,15H,4-5H2,1H3. The lowest BCUT2D eigenvalue weighted by molar-refractivity contribution is -0.384. The third-order valence-corrected chi connectivity index (χ3v) is 2.20. The summed E-state index contributed by atoms with van der Waals surface area (Å²) in [7, 11) is 0. The number of aliphatic hydroxyl groups is 1. The fourth-order valence-electron chi connectivity index (χ4n) is 1.32. The van der Waals surface area contributed by atoms with Crippen LogP contribution in [0, 0.1) is 21.4 Å². The average Bonchev–Trinajstić information content (AvgIpc) is 2.28. The number of anilines is 1. The van der Waals surface area contributed by atoms with Crippen molar-refractivity contribution < 1.29 is 10.0 Å². The molecule has 1 rings (SSSR count). The summed E-state index contributed by atoms with van der Waals surface area (Å²) in [6.45, 7) is 2.05. The van der Waals surface area contributed by atoms with Crippen molar-refractivity contribution >= 4 is 11.4 Å². The zero-order valence-electron chi connectivity index (χ0n) is 9.38. The Morgan fingerprint density at radius 2 is 2.35 bits per heavy atom. The largest absolute Gasteiger partial charge is 0.393 e. The summed E-state index contributed by atoms with van der Waals surface area (Å²) in [5.74, 6) is 0. The predicted molar refractivity (Wildman–Crippen MR) is 62.6 cm³/mol. The summed E-state index contributed by atoms with van der Waals surface area (Å²) < 4.78 is 0. The lowest BCUT2D eigenvalue weighted by Gasteiger charge is -2.08. The Hall–Kier alpha value is -2.13. The molecular formula is C11H13N3O3. The summed E-state index contributed by atoms with van der Waals surface area (Å²) in [6.07, 6.45) is 0.00853. The Morgan fingerprint density at radius 3 is 2.88 bits per heavy atom. The second-order valence-corrected chi connectivity index (χ2v) is 3.67. The van der Waals surface area contributed by atoms with Crippen molar-refractivity contribution in [2.45, 2.75) is 19.4 Å². The van der Waals surface area contributed by atoms with Gasteiger partial charge in [0.1, 0.15) is 5.69 Å². The molecule has 6 heteroatoms. The van der Waals surface area contributed by atoms with Crippen molar-refractivity contribution in [3.63, 3.8) is 0 Å². The van der Waals surface area contributed by atoms with E-state index in [2.05, 4.69) is 5.32 Å². The number of nitro benzene ring substituents is 1. The van der Waals surface area contributed by atoms with E-state index in [-0.39, 0.29) is 5.69 Å². The smallest absolute Gasteiger partial charge is 0.292 e. The molecule has 0 aliphatic rings. The van der Waals surface area contributed by atoms with Gasteiger partial charge < -0.3 is 10.4 Å². The second-order valence-electron chi connectivity index (χ2n) is 3.67. The SMILES string of the molecule is CC(O)CCNc1cc(C#N)ccc1[N+](=O)[O-]. The van der Waals surface area contributed by atoms with Gasteiger partial charge in [-0.15, -0.1) is 0 Å². The van der Waals surface area contributed by atoms with Crippen LogP contribution in [0.5, 0.6) is 0 Å². The van der Waals surface area contributed by atoms with Gasteiger partial charge in [-0.1, -0.05) is 0 Å². The molecule has 0 heterocycles. The topological polar surface area (TPSA) is 99.2 Å². The van der Waals surface area contributed by atoms with E-state index < -0.39 is 11.0 Å². The molecule has 1 atom stereocenters. The minimum atomic E-state index is -0.508. The summed E-state index contributed by atoms with van der Waals surface area (Å²) in [4.78, 5) is 10.2. The number of nitro groups is 1.